The zero-order valence-electron chi connectivity index (χ0n) is 20.4. The van der Waals surface area contributed by atoms with Crippen LogP contribution >= 0.6 is 0 Å². The minimum atomic E-state index is -0.0492. The fourth-order valence-corrected chi connectivity index (χ4v) is 4.92. The standard InChI is InChI=1S/C29H32N4O2/c1-21-8-9-22(2)32(21)16-17-33-28-19-25(13-12-24(28)20-30-33)31-29(34)18-23-10-14-27(15-11-23)35-26-6-4-3-5-7-26/h3-7,10-15,19-22H,8-9,16-18H2,1-2H3,(H,31,34). The Morgan fingerprint density at radius 2 is 1.66 bits per heavy atom. The third kappa shape index (κ3) is 5.54. The topological polar surface area (TPSA) is 59.4 Å². The molecule has 2 unspecified atom stereocenters. The summed E-state index contributed by atoms with van der Waals surface area (Å²) in [7, 11) is 0. The lowest BCUT2D eigenvalue weighted by Gasteiger charge is -2.25. The van der Waals surface area contributed by atoms with Gasteiger partial charge in [-0.15, -0.1) is 0 Å². The van der Waals surface area contributed by atoms with Crippen molar-refractivity contribution >= 4 is 22.5 Å². The van der Waals surface area contributed by atoms with Crippen molar-refractivity contribution in [2.75, 3.05) is 11.9 Å². The Hall–Kier alpha value is -3.64. The predicted octanol–water partition coefficient (Wildman–Crippen LogP) is 5.88. The number of nitrogens with zero attached hydrogens (tertiary/aromatic N) is 3. The lowest BCUT2D eigenvalue weighted by atomic mass is 10.1. The maximum absolute atomic E-state index is 12.7. The van der Waals surface area contributed by atoms with Gasteiger partial charge in [0.25, 0.3) is 0 Å². The molecule has 0 spiro atoms. The van der Waals surface area contributed by atoms with Crippen molar-refractivity contribution in [2.45, 2.75) is 51.7 Å². The van der Waals surface area contributed by atoms with Crippen LogP contribution in [-0.2, 0) is 17.8 Å². The molecule has 0 saturated carbocycles. The SMILES string of the molecule is CC1CCC(C)N1CCn1ncc2ccc(NC(=O)Cc3ccc(Oc4ccccc4)cc3)cc21. The summed E-state index contributed by atoms with van der Waals surface area (Å²) in [6, 6.07) is 24.5. The van der Waals surface area contributed by atoms with E-state index in [1.165, 1.54) is 12.8 Å². The van der Waals surface area contributed by atoms with Crippen molar-refractivity contribution in [1.29, 1.82) is 0 Å². The Labute approximate surface area is 206 Å². The minimum absolute atomic E-state index is 0.0492. The van der Waals surface area contributed by atoms with Crippen LogP contribution in [0.2, 0.25) is 0 Å². The molecule has 1 N–H and O–H groups in total. The summed E-state index contributed by atoms with van der Waals surface area (Å²) in [5.41, 5.74) is 2.77. The monoisotopic (exact) mass is 468 g/mol. The molecule has 1 amide bonds. The second-order valence-corrected chi connectivity index (χ2v) is 9.44. The van der Waals surface area contributed by atoms with Crippen molar-refractivity contribution in [3.8, 4) is 11.5 Å². The summed E-state index contributed by atoms with van der Waals surface area (Å²) in [5.74, 6) is 1.49. The van der Waals surface area contributed by atoms with E-state index < -0.39 is 0 Å². The molecule has 1 aromatic heterocycles. The van der Waals surface area contributed by atoms with Gasteiger partial charge in [-0.05, 0) is 74.7 Å². The summed E-state index contributed by atoms with van der Waals surface area (Å²) < 4.78 is 7.88. The molecule has 1 fully saturated rings. The second kappa shape index (κ2) is 10.3. The highest BCUT2D eigenvalue weighted by Gasteiger charge is 2.26. The smallest absolute Gasteiger partial charge is 0.228 e. The summed E-state index contributed by atoms with van der Waals surface area (Å²) in [6.45, 7) is 6.44. The van der Waals surface area contributed by atoms with E-state index >= 15 is 0 Å². The highest BCUT2D eigenvalue weighted by molar-refractivity contribution is 5.94. The predicted molar refractivity (Wildman–Crippen MR) is 140 cm³/mol. The van der Waals surface area contributed by atoms with Gasteiger partial charge in [-0.1, -0.05) is 30.3 Å². The number of fused-ring (bicyclic) bond motifs is 1. The largest absolute Gasteiger partial charge is 0.457 e. The van der Waals surface area contributed by atoms with Crippen LogP contribution in [0.1, 0.15) is 32.3 Å². The normalized spacial score (nSPS) is 18.1. The molecule has 6 heteroatoms. The molecule has 35 heavy (non-hydrogen) atoms. The molecule has 180 valence electrons. The van der Waals surface area contributed by atoms with Gasteiger partial charge in [0.2, 0.25) is 5.91 Å². The maximum atomic E-state index is 12.7. The first-order chi connectivity index (χ1) is 17.0. The van der Waals surface area contributed by atoms with Crippen LogP contribution in [-0.4, -0.2) is 39.2 Å². The van der Waals surface area contributed by atoms with Gasteiger partial charge in [0.1, 0.15) is 11.5 Å². The van der Waals surface area contributed by atoms with Gasteiger partial charge < -0.3 is 10.1 Å². The number of likely N-dealkylation sites (tertiary alicyclic amines) is 1. The molecule has 0 aliphatic carbocycles. The molecular weight excluding hydrogens is 436 g/mol. The molecule has 6 nitrogen and oxygen atoms in total. The van der Waals surface area contributed by atoms with E-state index in [2.05, 4.69) is 29.2 Å². The number of para-hydroxylation sites is 1. The summed E-state index contributed by atoms with van der Waals surface area (Å²) in [4.78, 5) is 15.3. The average molecular weight is 469 g/mol. The van der Waals surface area contributed by atoms with Crippen LogP contribution in [0, 0.1) is 0 Å². The Morgan fingerprint density at radius 3 is 2.40 bits per heavy atom. The fraction of sp³-hybridized carbons (Fsp3) is 0.310. The number of amides is 1. The van der Waals surface area contributed by atoms with E-state index in [1.54, 1.807) is 0 Å². The third-order valence-electron chi connectivity index (χ3n) is 6.90. The van der Waals surface area contributed by atoms with Gasteiger partial charge in [-0.25, -0.2) is 0 Å². The van der Waals surface area contributed by atoms with Gasteiger partial charge in [-0.3, -0.25) is 14.4 Å². The van der Waals surface area contributed by atoms with Gasteiger partial charge in [0.15, 0.2) is 0 Å². The Bertz CT molecular complexity index is 1270. The first-order valence-corrected chi connectivity index (χ1v) is 12.4. The number of rotatable bonds is 8. The number of hydrogen-bond donors (Lipinski definition) is 1. The molecule has 4 aromatic rings. The highest BCUT2D eigenvalue weighted by atomic mass is 16.5. The molecule has 1 aliphatic rings. The number of carbonyl (C=O) groups excluding carboxylic acids is 1. The lowest BCUT2D eigenvalue weighted by molar-refractivity contribution is -0.115. The zero-order valence-corrected chi connectivity index (χ0v) is 20.4. The van der Waals surface area contributed by atoms with E-state index in [-0.39, 0.29) is 5.91 Å². The number of hydrogen-bond acceptors (Lipinski definition) is 4. The Morgan fingerprint density at radius 1 is 0.943 bits per heavy atom. The molecule has 2 heterocycles. The summed E-state index contributed by atoms with van der Waals surface area (Å²) in [5, 5.41) is 8.72. The molecule has 0 radical (unpaired) electrons. The highest BCUT2D eigenvalue weighted by Crippen LogP contribution is 2.25. The van der Waals surface area contributed by atoms with Crippen molar-refractivity contribution in [3.63, 3.8) is 0 Å². The second-order valence-electron chi connectivity index (χ2n) is 9.44. The van der Waals surface area contributed by atoms with E-state index in [9.17, 15) is 4.79 Å². The first-order valence-electron chi connectivity index (χ1n) is 12.4. The Kier molecular flexibility index (Phi) is 6.82. The molecule has 0 bridgehead atoms. The number of ether oxygens (including phenoxy) is 1. The van der Waals surface area contributed by atoms with E-state index in [0.717, 1.165) is 46.7 Å². The van der Waals surface area contributed by atoms with Crippen LogP contribution < -0.4 is 10.1 Å². The fourth-order valence-electron chi connectivity index (χ4n) is 4.92. The number of anilines is 1. The summed E-state index contributed by atoms with van der Waals surface area (Å²) >= 11 is 0. The molecule has 2 atom stereocenters. The van der Waals surface area contributed by atoms with Crippen LogP contribution in [0.3, 0.4) is 0 Å². The summed E-state index contributed by atoms with van der Waals surface area (Å²) in [6.07, 6.45) is 4.73. The van der Waals surface area contributed by atoms with Gasteiger partial charge >= 0.3 is 0 Å². The molecule has 5 rings (SSSR count). The van der Waals surface area contributed by atoms with E-state index in [1.807, 2.05) is 83.7 Å². The first kappa shape index (κ1) is 23.1. The number of carbonyl (C=O) groups is 1. The van der Waals surface area contributed by atoms with Crippen molar-refractivity contribution in [3.05, 3.63) is 84.6 Å². The Balaban J connectivity index is 1.20. The van der Waals surface area contributed by atoms with Crippen molar-refractivity contribution in [2.24, 2.45) is 0 Å². The van der Waals surface area contributed by atoms with Crippen LogP contribution in [0.5, 0.6) is 11.5 Å². The average Bonchev–Trinajstić information content (AvgIpc) is 3.41. The van der Waals surface area contributed by atoms with Gasteiger partial charge in [-0.2, -0.15) is 5.10 Å². The zero-order chi connectivity index (χ0) is 24.2. The van der Waals surface area contributed by atoms with Crippen LogP contribution in [0.15, 0.2) is 79.0 Å². The molecule has 1 aliphatic heterocycles. The lowest BCUT2D eigenvalue weighted by Crippen LogP contribution is -2.35. The number of benzene rings is 3. The number of nitrogens with one attached hydrogen (secondary N) is 1. The molecule has 1 saturated heterocycles. The van der Waals surface area contributed by atoms with E-state index in [0.29, 0.717) is 18.5 Å². The van der Waals surface area contributed by atoms with E-state index in [4.69, 9.17) is 4.74 Å². The van der Waals surface area contributed by atoms with Gasteiger partial charge in [0.05, 0.1) is 24.7 Å². The molecular formula is C29H32N4O2. The van der Waals surface area contributed by atoms with Crippen LogP contribution in [0.25, 0.3) is 10.9 Å². The third-order valence-corrected chi connectivity index (χ3v) is 6.90. The van der Waals surface area contributed by atoms with Gasteiger partial charge in [0, 0.05) is 29.7 Å². The van der Waals surface area contributed by atoms with Crippen molar-refractivity contribution < 1.29 is 9.53 Å². The maximum Gasteiger partial charge on any atom is 0.228 e. The van der Waals surface area contributed by atoms with Crippen molar-refractivity contribution in [1.82, 2.24) is 14.7 Å². The minimum Gasteiger partial charge on any atom is -0.457 e. The quantitative estimate of drug-likeness (QED) is 0.351. The van der Waals surface area contributed by atoms with Crippen LogP contribution in [0.4, 0.5) is 5.69 Å². The molecule has 3 aromatic carbocycles. The number of aromatic nitrogens is 2.